The van der Waals surface area contributed by atoms with Gasteiger partial charge >= 0.3 is 0 Å². The molecule has 1 amide bonds. The second kappa shape index (κ2) is 10.3. The first kappa shape index (κ1) is 23.8. The van der Waals surface area contributed by atoms with E-state index in [1.165, 1.54) is 11.1 Å². The number of amides is 1. The second-order valence-corrected chi connectivity index (χ2v) is 9.46. The van der Waals surface area contributed by atoms with Crippen molar-refractivity contribution in [1.29, 1.82) is 0 Å². The average molecular weight is 495 g/mol. The number of benzene rings is 3. The number of pyridine rings is 1. The first-order valence-electron chi connectivity index (χ1n) is 11.9. The summed E-state index contributed by atoms with van der Waals surface area (Å²) in [7, 11) is 0. The molecule has 0 bridgehead atoms. The number of carbonyl (C=O) groups excluding carboxylic acids is 1. The van der Waals surface area contributed by atoms with Gasteiger partial charge in [-0.2, -0.15) is 0 Å². The minimum Gasteiger partial charge on any atom is -0.348 e. The highest BCUT2D eigenvalue weighted by Gasteiger charge is 2.15. The number of halogens is 1. The summed E-state index contributed by atoms with van der Waals surface area (Å²) in [6.45, 7) is 5.33. The second-order valence-electron chi connectivity index (χ2n) is 9.05. The predicted molar refractivity (Wildman–Crippen MR) is 144 cm³/mol. The highest BCUT2D eigenvalue weighted by molar-refractivity contribution is 6.31. The van der Waals surface area contributed by atoms with Gasteiger partial charge < -0.3 is 9.88 Å². The van der Waals surface area contributed by atoms with Gasteiger partial charge in [-0.05, 0) is 78.1 Å². The molecule has 0 saturated heterocycles. The molecule has 0 atom stereocenters. The van der Waals surface area contributed by atoms with Crippen LogP contribution < -0.4 is 5.32 Å². The molecular formula is C30H27ClN4O. The van der Waals surface area contributed by atoms with E-state index in [0.29, 0.717) is 25.1 Å². The molecule has 180 valence electrons. The lowest BCUT2D eigenvalue weighted by Gasteiger charge is -2.12. The number of imidazole rings is 1. The lowest BCUT2D eigenvalue weighted by atomic mass is 10.1. The molecule has 0 radical (unpaired) electrons. The van der Waals surface area contributed by atoms with Crippen molar-refractivity contribution in [2.24, 2.45) is 0 Å². The molecule has 2 heterocycles. The summed E-state index contributed by atoms with van der Waals surface area (Å²) in [5.74, 6) is 0.852. The molecular weight excluding hydrogens is 468 g/mol. The van der Waals surface area contributed by atoms with Crippen LogP contribution in [0, 0.1) is 13.8 Å². The number of rotatable bonds is 7. The number of nitrogens with one attached hydrogen (secondary N) is 1. The van der Waals surface area contributed by atoms with E-state index in [9.17, 15) is 4.79 Å². The van der Waals surface area contributed by atoms with E-state index in [-0.39, 0.29) is 5.91 Å². The fourth-order valence-electron chi connectivity index (χ4n) is 4.28. The molecule has 0 aliphatic carbocycles. The van der Waals surface area contributed by atoms with Crippen LogP contribution in [0.2, 0.25) is 5.02 Å². The summed E-state index contributed by atoms with van der Waals surface area (Å²) < 4.78 is 2.25. The molecule has 2 aromatic heterocycles. The summed E-state index contributed by atoms with van der Waals surface area (Å²) in [5.41, 5.74) is 8.25. The van der Waals surface area contributed by atoms with Gasteiger partial charge in [0.1, 0.15) is 5.82 Å². The number of nitrogens with zero attached hydrogens (tertiary/aromatic N) is 3. The van der Waals surface area contributed by atoms with Gasteiger partial charge in [-0.25, -0.2) is 4.98 Å². The van der Waals surface area contributed by atoms with E-state index >= 15 is 0 Å². The Hall–Kier alpha value is -3.96. The van der Waals surface area contributed by atoms with Crippen LogP contribution in [-0.4, -0.2) is 20.4 Å². The smallest absolute Gasteiger partial charge is 0.251 e. The van der Waals surface area contributed by atoms with Gasteiger partial charge in [0.2, 0.25) is 0 Å². The number of carbonyl (C=O) groups is 1. The molecule has 3 aromatic carbocycles. The van der Waals surface area contributed by atoms with Gasteiger partial charge in [0, 0.05) is 42.5 Å². The summed E-state index contributed by atoms with van der Waals surface area (Å²) in [6, 6.07) is 23.8. The molecule has 0 aliphatic rings. The van der Waals surface area contributed by atoms with E-state index < -0.39 is 0 Å². The van der Waals surface area contributed by atoms with Crippen molar-refractivity contribution in [2.75, 3.05) is 0 Å². The zero-order valence-electron chi connectivity index (χ0n) is 20.3. The largest absolute Gasteiger partial charge is 0.348 e. The summed E-state index contributed by atoms with van der Waals surface area (Å²) >= 11 is 6.47. The molecule has 5 rings (SSSR count). The van der Waals surface area contributed by atoms with E-state index in [1.54, 1.807) is 12.4 Å². The van der Waals surface area contributed by atoms with Gasteiger partial charge in [0.15, 0.2) is 0 Å². The zero-order chi connectivity index (χ0) is 25.1. The maximum absolute atomic E-state index is 12.6. The highest BCUT2D eigenvalue weighted by Crippen LogP contribution is 2.25. The van der Waals surface area contributed by atoms with Crippen molar-refractivity contribution in [2.45, 2.75) is 33.4 Å². The molecule has 6 heteroatoms. The van der Waals surface area contributed by atoms with Crippen LogP contribution in [0.1, 0.15) is 44.0 Å². The van der Waals surface area contributed by atoms with E-state index in [1.807, 2.05) is 60.7 Å². The number of aryl methyl sites for hydroxylation is 2. The first-order chi connectivity index (χ1) is 17.5. The quantitative estimate of drug-likeness (QED) is 0.290. The Labute approximate surface area is 215 Å². The molecule has 0 aliphatic heterocycles. The van der Waals surface area contributed by atoms with Crippen molar-refractivity contribution < 1.29 is 4.79 Å². The average Bonchev–Trinajstić information content (AvgIpc) is 3.20. The molecule has 5 nitrogen and oxygen atoms in total. The summed E-state index contributed by atoms with van der Waals surface area (Å²) in [6.07, 6.45) is 4.11. The Bertz CT molecular complexity index is 1520. The molecule has 36 heavy (non-hydrogen) atoms. The number of fused-ring (bicyclic) bond motifs is 1. The standard InChI is InChI=1S/C30H27ClN4O/c1-20-14-27-28(15-21(20)2)35(29(34-27)16-25-7-3-4-8-26(25)31)19-22-9-11-24(12-10-22)30(36)33-18-23-6-5-13-32-17-23/h3-15,17H,16,18-19H2,1-2H3,(H,33,36). The molecule has 0 spiro atoms. The Balaban J connectivity index is 1.40. The lowest BCUT2D eigenvalue weighted by molar-refractivity contribution is 0.0951. The third kappa shape index (κ3) is 5.16. The molecule has 0 fully saturated rings. The third-order valence-corrected chi connectivity index (χ3v) is 6.85. The van der Waals surface area contributed by atoms with Gasteiger partial charge in [0.25, 0.3) is 5.91 Å². The van der Waals surface area contributed by atoms with Crippen molar-refractivity contribution in [3.8, 4) is 0 Å². The number of hydrogen-bond donors (Lipinski definition) is 1. The van der Waals surface area contributed by atoms with Crippen molar-refractivity contribution in [3.05, 3.63) is 129 Å². The van der Waals surface area contributed by atoms with Crippen LogP contribution >= 0.6 is 11.6 Å². The number of hydrogen-bond acceptors (Lipinski definition) is 3. The van der Waals surface area contributed by atoms with Crippen LogP contribution in [0.25, 0.3) is 11.0 Å². The van der Waals surface area contributed by atoms with E-state index in [0.717, 1.165) is 38.6 Å². The van der Waals surface area contributed by atoms with Crippen LogP contribution in [0.4, 0.5) is 0 Å². The zero-order valence-corrected chi connectivity index (χ0v) is 21.1. The number of aromatic nitrogens is 3. The van der Waals surface area contributed by atoms with Crippen LogP contribution in [0.3, 0.4) is 0 Å². The maximum Gasteiger partial charge on any atom is 0.251 e. The fraction of sp³-hybridized carbons (Fsp3) is 0.167. The van der Waals surface area contributed by atoms with Crippen molar-refractivity contribution in [1.82, 2.24) is 19.9 Å². The molecule has 5 aromatic rings. The monoisotopic (exact) mass is 494 g/mol. The fourth-order valence-corrected chi connectivity index (χ4v) is 4.49. The minimum absolute atomic E-state index is 0.107. The topological polar surface area (TPSA) is 59.8 Å². The summed E-state index contributed by atoms with van der Waals surface area (Å²) in [4.78, 5) is 21.7. The third-order valence-electron chi connectivity index (χ3n) is 6.48. The molecule has 1 N–H and O–H groups in total. The SMILES string of the molecule is Cc1cc2nc(Cc3ccccc3Cl)n(Cc3ccc(C(=O)NCc4cccnc4)cc3)c2cc1C. The van der Waals surface area contributed by atoms with Gasteiger partial charge in [-0.15, -0.1) is 0 Å². The van der Waals surface area contributed by atoms with Gasteiger partial charge in [-0.3, -0.25) is 9.78 Å². The lowest BCUT2D eigenvalue weighted by Crippen LogP contribution is -2.22. The van der Waals surface area contributed by atoms with Crippen LogP contribution in [0.5, 0.6) is 0 Å². The maximum atomic E-state index is 12.6. The molecule has 0 unspecified atom stereocenters. The van der Waals surface area contributed by atoms with Crippen molar-refractivity contribution >= 4 is 28.5 Å². The van der Waals surface area contributed by atoms with Gasteiger partial charge in [0.05, 0.1) is 11.0 Å². The van der Waals surface area contributed by atoms with Gasteiger partial charge in [-0.1, -0.05) is 48.0 Å². The van der Waals surface area contributed by atoms with E-state index in [2.05, 4.69) is 40.8 Å². The van der Waals surface area contributed by atoms with Crippen molar-refractivity contribution in [3.63, 3.8) is 0 Å². The minimum atomic E-state index is -0.107. The Kier molecular flexibility index (Phi) is 6.83. The normalized spacial score (nSPS) is 11.1. The molecule has 0 saturated carbocycles. The highest BCUT2D eigenvalue weighted by atomic mass is 35.5. The summed E-state index contributed by atoms with van der Waals surface area (Å²) in [5, 5.41) is 3.69. The Morgan fingerprint density at radius 3 is 2.47 bits per heavy atom. The van der Waals surface area contributed by atoms with Crippen LogP contribution in [0.15, 0.2) is 85.2 Å². The Morgan fingerprint density at radius 2 is 1.72 bits per heavy atom. The Morgan fingerprint density at radius 1 is 0.944 bits per heavy atom. The predicted octanol–water partition coefficient (Wildman–Crippen LogP) is 6.27. The van der Waals surface area contributed by atoms with Crippen LogP contribution in [-0.2, 0) is 19.5 Å². The first-order valence-corrected chi connectivity index (χ1v) is 12.3. The van der Waals surface area contributed by atoms with E-state index in [4.69, 9.17) is 16.6 Å².